The Bertz CT molecular complexity index is 311. The van der Waals surface area contributed by atoms with Gasteiger partial charge in [-0.3, -0.25) is 9.59 Å². The Morgan fingerprint density at radius 1 is 1.10 bits per heavy atom. The molecule has 0 rings (SSSR count). The van der Waals surface area contributed by atoms with Gasteiger partial charge in [-0.1, -0.05) is 27.7 Å². The summed E-state index contributed by atoms with van der Waals surface area (Å²) in [5.41, 5.74) is -0.402. The molecule has 0 unspecified atom stereocenters. The lowest BCUT2D eigenvalue weighted by molar-refractivity contribution is -0.133. The van der Waals surface area contributed by atoms with Crippen LogP contribution in [0.25, 0.3) is 0 Å². The number of Topliss-reactive ketones (excluding diaryl/α,β-unsaturated/α-hetero) is 2. The molecule has 118 valence electrons. The summed E-state index contributed by atoms with van der Waals surface area (Å²) in [6, 6.07) is 0. The molecule has 3 nitrogen and oxygen atoms in total. The number of aliphatic hydroxyl groups excluding tert-OH is 1. The summed E-state index contributed by atoms with van der Waals surface area (Å²) in [5.74, 6) is 1.20. The SMILES string of the molecule is CC(C)CC(C)(C)[C@@H](O)C(=O)CCCC(=O)CCCS. The lowest BCUT2D eigenvalue weighted by atomic mass is 9.77. The van der Waals surface area contributed by atoms with E-state index in [0.717, 1.165) is 12.8 Å². The first-order chi connectivity index (χ1) is 9.20. The molecule has 0 heterocycles. The smallest absolute Gasteiger partial charge is 0.161 e. The van der Waals surface area contributed by atoms with E-state index in [1.54, 1.807) is 0 Å². The van der Waals surface area contributed by atoms with Gasteiger partial charge in [0.15, 0.2) is 5.78 Å². The van der Waals surface area contributed by atoms with Gasteiger partial charge < -0.3 is 5.11 Å². The molecule has 0 spiro atoms. The summed E-state index contributed by atoms with van der Waals surface area (Å²) in [7, 11) is 0. The fourth-order valence-electron chi connectivity index (χ4n) is 2.60. The predicted molar refractivity (Wildman–Crippen MR) is 86.2 cm³/mol. The number of hydrogen-bond acceptors (Lipinski definition) is 4. The maximum atomic E-state index is 12.0. The van der Waals surface area contributed by atoms with Crippen LogP contribution in [0.2, 0.25) is 0 Å². The summed E-state index contributed by atoms with van der Waals surface area (Å²) in [5, 5.41) is 10.2. The van der Waals surface area contributed by atoms with Crippen molar-refractivity contribution in [1.29, 1.82) is 0 Å². The number of thiol groups is 1. The number of rotatable bonds is 11. The third kappa shape index (κ3) is 8.05. The minimum atomic E-state index is -0.933. The molecule has 0 saturated carbocycles. The van der Waals surface area contributed by atoms with Crippen molar-refractivity contribution in [3.8, 4) is 0 Å². The lowest BCUT2D eigenvalue weighted by Gasteiger charge is -2.31. The zero-order valence-electron chi connectivity index (χ0n) is 13.3. The second-order valence-corrected chi connectivity index (χ2v) is 7.12. The summed E-state index contributed by atoms with van der Waals surface area (Å²) < 4.78 is 0. The summed E-state index contributed by atoms with van der Waals surface area (Å²) >= 11 is 4.07. The van der Waals surface area contributed by atoms with Crippen LogP contribution in [0.15, 0.2) is 0 Å². The molecule has 0 aliphatic rings. The van der Waals surface area contributed by atoms with Gasteiger partial charge in [0.05, 0.1) is 0 Å². The molecule has 0 aliphatic carbocycles. The second-order valence-electron chi connectivity index (χ2n) is 6.67. The highest BCUT2D eigenvalue weighted by Crippen LogP contribution is 2.30. The molecule has 0 fully saturated rings. The molecule has 0 bridgehead atoms. The van der Waals surface area contributed by atoms with Gasteiger partial charge in [-0.05, 0) is 36.3 Å². The maximum Gasteiger partial charge on any atom is 0.161 e. The van der Waals surface area contributed by atoms with Crippen molar-refractivity contribution in [2.24, 2.45) is 11.3 Å². The molecular weight excluding hydrogens is 272 g/mol. The summed E-state index contributed by atoms with van der Waals surface area (Å²) in [6.07, 6.45) is 2.46. The first-order valence-corrected chi connectivity index (χ1v) is 8.17. The third-order valence-electron chi connectivity index (χ3n) is 3.47. The standard InChI is InChI=1S/C16H30O3S/c1-12(2)11-16(3,4)15(19)14(18)9-5-7-13(17)8-6-10-20/h12,15,19-20H,5-11H2,1-4H3/t15-/m0/s1. The molecule has 0 aromatic carbocycles. The van der Waals surface area contributed by atoms with Crippen LogP contribution in [-0.4, -0.2) is 28.5 Å². The van der Waals surface area contributed by atoms with Crippen molar-refractivity contribution >= 4 is 24.2 Å². The van der Waals surface area contributed by atoms with Gasteiger partial charge in [-0.15, -0.1) is 0 Å². The minimum Gasteiger partial charge on any atom is -0.385 e. The molecule has 4 heteroatoms. The first kappa shape index (κ1) is 19.7. The molecule has 0 radical (unpaired) electrons. The highest BCUT2D eigenvalue weighted by atomic mass is 32.1. The fraction of sp³-hybridized carbons (Fsp3) is 0.875. The fourth-order valence-corrected chi connectivity index (χ4v) is 2.76. The van der Waals surface area contributed by atoms with Crippen molar-refractivity contribution in [3.63, 3.8) is 0 Å². The van der Waals surface area contributed by atoms with Crippen LogP contribution >= 0.6 is 12.6 Å². The largest absolute Gasteiger partial charge is 0.385 e. The third-order valence-corrected chi connectivity index (χ3v) is 3.79. The van der Waals surface area contributed by atoms with Crippen LogP contribution in [0, 0.1) is 11.3 Å². The molecule has 0 aromatic rings. The van der Waals surface area contributed by atoms with Gasteiger partial charge in [0.25, 0.3) is 0 Å². The van der Waals surface area contributed by atoms with Crippen LogP contribution in [0.4, 0.5) is 0 Å². The Hall–Kier alpha value is -0.350. The molecule has 0 saturated heterocycles. The Labute approximate surface area is 128 Å². The van der Waals surface area contributed by atoms with Crippen molar-refractivity contribution < 1.29 is 14.7 Å². The summed E-state index contributed by atoms with van der Waals surface area (Å²) in [4.78, 5) is 23.5. The number of aliphatic hydroxyl groups is 1. The molecule has 0 aliphatic heterocycles. The van der Waals surface area contributed by atoms with Gasteiger partial charge in [0.2, 0.25) is 0 Å². The molecule has 1 N–H and O–H groups in total. The van der Waals surface area contributed by atoms with E-state index in [2.05, 4.69) is 26.5 Å². The van der Waals surface area contributed by atoms with E-state index in [9.17, 15) is 14.7 Å². The Morgan fingerprint density at radius 2 is 1.65 bits per heavy atom. The monoisotopic (exact) mass is 302 g/mol. The van der Waals surface area contributed by atoms with E-state index in [4.69, 9.17) is 0 Å². The summed E-state index contributed by atoms with van der Waals surface area (Å²) in [6.45, 7) is 8.01. The Kier molecular flexibility index (Phi) is 9.39. The van der Waals surface area contributed by atoms with Gasteiger partial charge in [0.1, 0.15) is 11.9 Å². The second kappa shape index (κ2) is 9.56. The van der Waals surface area contributed by atoms with Gasteiger partial charge in [-0.25, -0.2) is 0 Å². The molecule has 0 amide bonds. The quantitative estimate of drug-likeness (QED) is 0.575. The van der Waals surface area contributed by atoms with Crippen LogP contribution < -0.4 is 0 Å². The normalized spacial score (nSPS) is 13.6. The van der Waals surface area contributed by atoms with Crippen molar-refractivity contribution in [1.82, 2.24) is 0 Å². The van der Waals surface area contributed by atoms with Crippen LogP contribution in [0.1, 0.15) is 66.2 Å². The molecule has 0 aromatic heterocycles. The van der Waals surface area contributed by atoms with E-state index >= 15 is 0 Å². The van der Waals surface area contributed by atoms with E-state index in [0.29, 0.717) is 30.9 Å². The lowest BCUT2D eigenvalue weighted by Crippen LogP contribution is -2.37. The van der Waals surface area contributed by atoms with E-state index in [1.807, 2.05) is 13.8 Å². The van der Waals surface area contributed by atoms with E-state index < -0.39 is 11.5 Å². The number of ketones is 2. The van der Waals surface area contributed by atoms with Crippen LogP contribution in [0.3, 0.4) is 0 Å². The van der Waals surface area contributed by atoms with Gasteiger partial charge in [-0.2, -0.15) is 12.6 Å². The zero-order chi connectivity index (χ0) is 15.8. The van der Waals surface area contributed by atoms with Crippen LogP contribution in [0.5, 0.6) is 0 Å². The predicted octanol–water partition coefficient (Wildman–Crippen LogP) is 3.44. The number of carbonyl (C=O) groups is 2. The number of carbonyl (C=O) groups excluding carboxylic acids is 2. The van der Waals surface area contributed by atoms with Gasteiger partial charge in [0, 0.05) is 19.3 Å². The highest BCUT2D eigenvalue weighted by Gasteiger charge is 2.33. The average molecular weight is 302 g/mol. The van der Waals surface area contributed by atoms with E-state index in [1.165, 1.54) is 0 Å². The van der Waals surface area contributed by atoms with Gasteiger partial charge >= 0.3 is 0 Å². The topological polar surface area (TPSA) is 54.4 Å². The molecule has 1 atom stereocenters. The number of hydrogen-bond donors (Lipinski definition) is 2. The molecule has 20 heavy (non-hydrogen) atoms. The van der Waals surface area contributed by atoms with Crippen molar-refractivity contribution in [3.05, 3.63) is 0 Å². The van der Waals surface area contributed by atoms with Crippen molar-refractivity contribution in [2.75, 3.05) is 5.75 Å². The Balaban J connectivity index is 4.11. The van der Waals surface area contributed by atoms with Crippen LogP contribution in [-0.2, 0) is 9.59 Å². The van der Waals surface area contributed by atoms with Crippen molar-refractivity contribution in [2.45, 2.75) is 72.3 Å². The zero-order valence-corrected chi connectivity index (χ0v) is 14.2. The first-order valence-electron chi connectivity index (χ1n) is 7.54. The maximum absolute atomic E-state index is 12.0. The average Bonchev–Trinajstić information content (AvgIpc) is 2.33. The Morgan fingerprint density at radius 3 is 2.15 bits per heavy atom. The highest BCUT2D eigenvalue weighted by molar-refractivity contribution is 7.80. The van der Waals surface area contributed by atoms with E-state index in [-0.39, 0.29) is 18.0 Å². The minimum absolute atomic E-state index is 0.141. The molecular formula is C16H30O3S.